The maximum absolute atomic E-state index is 13.8. The van der Waals surface area contributed by atoms with E-state index in [4.69, 9.17) is 10.5 Å². The zero-order chi connectivity index (χ0) is 12.4. The summed E-state index contributed by atoms with van der Waals surface area (Å²) in [6, 6.07) is 5.17. The van der Waals surface area contributed by atoms with E-state index in [1.54, 1.807) is 18.2 Å². The lowest BCUT2D eigenvalue weighted by molar-refractivity contribution is -0.0707. The van der Waals surface area contributed by atoms with Crippen LogP contribution >= 0.6 is 0 Å². The molecule has 0 spiro atoms. The molecule has 0 saturated carbocycles. The molecular weight excluding hydrogens is 219 g/mol. The Labute approximate surface area is 101 Å². The van der Waals surface area contributed by atoms with Crippen molar-refractivity contribution in [1.82, 2.24) is 4.90 Å². The first kappa shape index (κ1) is 12.3. The van der Waals surface area contributed by atoms with Gasteiger partial charge in [-0.25, -0.2) is 4.39 Å². The summed E-state index contributed by atoms with van der Waals surface area (Å²) in [4.78, 5) is 2.21. The Morgan fingerprint density at radius 1 is 1.35 bits per heavy atom. The van der Waals surface area contributed by atoms with Gasteiger partial charge in [-0.15, -0.1) is 0 Å². The zero-order valence-electron chi connectivity index (χ0n) is 10.3. The predicted molar refractivity (Wildman–Crippen MR) is 66.1 cm³/mol. The molecule has 1 aliphatic heterocycles. The van der Waals surface area contributed by atoms with E-state index < -0.39 is 0 Å². The molecule has 1 fully saturated rings. The lowest BCUT2D eigenvalue weighted by Crippen LogP contribution is -2.44. The summed E-state index contributed by atoms with van der Waals surface area (Å²) < 4.78 is 19.4. The minimum absolute atomic E-state index is 0.197. The van der Waals surface area contributed by atoms with E-state index in [0.717, 1.165) is 13.1 Å². The van der Waals surface area contributed by atoms with Gasteiger partial charge in [0.25, 0.3) is 0 Å². The first-order chi connectivity index (χ1) is 8.06. The van der Waals surface area contributed by atoms with Crippen LogP contribution in [0.25, 0.3) is 0 Å². The van der Waals surface area contributed by atoms with Crippen molar-refractivity contribution < 1.29 is 9.13 Å². The molecule has 1 aromatic carbocycles. The van der Waals surface area contributed by atoms with Crippen LogP contribution in [0.4, 0.5) is 10.1 Å². The summed E-state index contributed by atoms with van der Waals surface area (Å²) in [7, 11) is 0. The molecule has 1 aliphatic rings. The Kier molecular flexibility index (Phi) is 3.64. The number of halogens is 1. The molecule has 0 radical (unpaired) electrons. The fraction of sp³-hybridized carbons (Fsp3) is 0.538. The van der Waals surface area contributed by atoms with Gasteiger partial charge < -0.3 is 10.5 Å². The molecule has 0 amide bonds. The Morgan fingerprint density at radius 3 is 2.65 bits per heavy atom. The number of morpholine rings is 1. The van der Waals surface area contributed by atoms with E-state index in [1.807, 2.05) is 13.8 Å². The molecule has 0 aromatic heterocycles. The van der Waals surface area contributed by atoms with E-state index in [-0.39, 0.29) is 23.7 Å². The number of benzene rings is 1. The fourth-order valence-electron chi connectivity index (χ4n) is 2.38. The Balaban J connectivity index is 2.07. The van der Waals surface area contributed by atoms with Crippen LogP contribution in [0.5, 0.6) is 0 Å². The molecule has 1 saturated heterocycles. The number of ether oxygens (including phenoxy) is 1. The van der Waals surface area contributed by atoms with E-state index in [9.17, 15) is 4.39 Å². The highest BCUT2D eigenvalue weighted by molar-refractivity contribution is 5.42. The van der Waals surface area contributed by atoms with Crippen LogP contribution in [0.2, 0.25) is 0 Å². The number of nitrogen functional groups attached to an aromatic ring is 1. The van der Waals surface area contributed by atoms with Gasteiger partial charge in [-0.1, -0.05) is 12.1 Å². The number of rotatable bonds is 2. The lowest BCUT2D eigenvalue weighted by Gasteiger charge is -2.35. The summed E-state index contributed by atoms with van der Waals surface area (Å²) in [5.41, 5.74) is 6.44. The molecule has 2 rings (SSSR count). The summed E-state index contributed by atoms with van der Waals surface area (Å²) in [5, 5.41) is 0. The van der Waals surface area contributed by atoms with Crippen LogP contribution in [0.15, 0.2) is 18.2 Å². The van der Waals surface area contributed by atoms with E-state index in [0.29, 0.717) is 12.1 Å². The molecule has 0 unspecified atom stereocenters. The minimum atomic E-state index is -0.292. The monoisotopic (exact) mass is 238 g/mol. The van der Waals surface area contributed by atoms with Gasteiger partial charge in [0.15, 0.2) is 5.82 Å². The SMILES string of the molecule is C[C@@H]1CN(Cc2cccc(N)c2F)C[C@H](C)O1. The Hall–Kier alpha value is -1.13. The first-order valence-electron chi connectivity index (χ1n) is 5.97. The van der Waals surface area contributed by atoms with Crippen LogP contribution in [0.3, 0.4) is 0 Å². The average molecular weight is 238 g/mol. The summed E-state index contributed by atoms with van der Waals surface area (Å²) in [5.74, 6) is -0.292. The molecule has 94 valence electrons. The standard InChI is InChI=1S/C13H19FN2O/c1-9-6-16(7-10(2)17-9)8-11-4-3-5-12(15)13(11)14/h3-5,9-10H,6-8,15H2,1-2H3/t9-,10+. The van der Waals surface area contributed by atoms with Gasteiger partial charge in [0, 0.05) is 25.2 Å². The third-order valence-corrected chi connectivity index (χ3v) is 3.00. The number of hydrogen-bond donors (Lipinski definition) is 1. The van der Waals surface area contributed by atoms with Gasteiger partial charge in [0.05, 0.1) is 17.9 Å². The van der Waals surface area contributed by atoms with Crippen molar-refractivity contribution in [2.75, 3.05) is 18.8 Å². The van der Waals surface area contributed by atoms with Crippen molar-refractivity contribution >= 4 is 5.69 Å². The largest absolute Gasteiger partial charge is 0.396 e. The van der Waals surface area contributed by atoms with Gasteiger partial charge in [-0.05, 0) is 19.9 Å². The lowest BCUT2D eigenvalue weighted by atomic mass is 10.1. The van der Waals surface area contributed by atoms with Crippen molar-refractivity contribution in [2.24, 2.45) is 0 Å². The third kappa shape index (κ3) is 2.96. The predicted octanol–water partition coefficient (Wildman–Crippen LogP) is 2.02. The van der Waals surface area contributed by atoms with Gasteiger partial charge in [0.1, 0.15) is 0 Å². The average Bonchev–Trinajstić information content (AvgIpc) is 2.23. The summed E-state index contributed by atoms with van der Waals surface area (Å²) in [6.07, 6.45) is 0.394. The number of hydrogen-bond acceptors (Lipinski definition) is 3. The smallest absolute Gasteiger partial charge is 0.150 e. The van der Waals surface area contributed by atoms with E-state index >= 15 is 0 Å². The number of anilines is 1. The van der Waals surface area contributed by atoms with E-state index in [1.165, 1.54) is 0 Å². The van der Waals surface area contributed by atoms with Gasteiger partial charge in [-0.2, -0.15) is 0 Å². The summed E-state index contributed by atoms with van der Waals surface area (Å²) in [6.45, 7) is 6.34. The van der Waals surface area contributed by atoms with Crippen molar-refractivity contribution in [3.8, 4) is 0 Å². The third-order valence-electron chi connectivity index (χ3n) is 3.00. The van der Waals surface area contributed by atoms with Crippen LogP contribution in [0, 0.1) is 5.82 Å². The minimum Gasteiger partial charge on any atom is -0.396 e. The van der Waals surface area contributed by atoms with Gasteiger partial charge in [0.2, 0.25) is 0 Å². The molecule has 0 bridgehead atoms. The fourth-order valence-corrected chi connectivity index (χ4v) is 2.38. The maximum Gasteiger partial charge on any atom is 0.150 e. The zero-order valence-corrected chi connectivity index (χ0v) is 10.3. The van der Waals surface area contributed by atoms with Gasteiger partial charge >= 0.3 is 0 Å². The highest BCUT2D eigenvalue weighted by Crippen LogP contribution is 2.19. The molecule has 4 heteroatoms. The molecule has 1 aromatic rings. The molecule has 3 nitrogen and oxygen atoms in total. The van der Waals surface area contributed by atoms with E-state index in [2.05, 4.69) is 4.90 Å². The molecule has 1 heterocycles. The quantitative estimate of drug-likeness (QED) is 0.801. The maximum atomic E-state index is 13.8. The van der Waals surface area contributed by atoms with Crippen molar-refractivity contribution in [2.45, 2.75) is 32.6 Å². The Bertz CT molecular complexity index is 387. The van der Waals surface area contributed by atoms with Gasteiger partial charge in [-0.3, -0.25) is 4.90 Å². The van der Waals surface area contributed by atoms with Crippen LogP contribution in [0.1, 0.15) is 19.4 Å². The highest BCUT2D eigenvalue weighted by Gasteiger charge is 2.22. The second-order valence-electron chi connectivity index (χ2n) is 4.77. The molecule has 2 atom stereocenters. The van der Waals surface area contributed by atoms with Crippen LogP contribution in [-0.4, -0.2) is 30.2 Å². The number of nitrogens with zero attached hydrogens (tertiary/aromatic N) is 1. The van der Waals surface area contributed by atoms with Crippen LogP contribution in [-0.2, 0) is 11.3 Å². The Morgan fingerprint density at radius 2 is 2.00 bits per heavy atom. The van der Waals surface area contributed by atoms with Crippen molar-refractivity contribution in [3.63, 3.8) is 0 Å². The summed E-state index contributed by atoms with van der Waals surface area (Å²) >= 11 is 0. The molecular formula is C13H19FN2O. The molecule has 2 N–H and O–H groups in total. The second-order valence-corrected chi connectivity index (χ2v) is 4.77. The topological polar surface area (TPSA) is 38.5 Å². The van der Waals surface area contributed by atoms with Crippen molar-refractivity contribution in [3.05, 3.63) is 29.6 Å². The molecule has 0 aliphatic carbocycles. The number of nitrogens with two attached hydrogens (primary N) is 1. The normalized spacial score (nSPS) is 26.1. The van der Waals surface area contributed by atoms with Crippen LogP contribution < -0.4 is 5.73 Å². The highest BCUT2D eigenvalue weighted by atomic mass is 19.1. The first-order valence-corrected chi connectivity index (χ1v) is 5.97. The molecule has 17 heavy (non-hydrogen) atoms. The second kappa shape index (κ2) is 5.02. The van der Waals surface area contributed by atoms with Crippen molar-refractivity contribution in [1.29, 1.82) is 0 Å².